The molecule has 0 atom stereocenters. The van der Waals surface area contributed by atoms with Crippen LogP contribution in [-0.2, 0) is 0 Å². The number of halogens is 1. The molecule has 3 rings (SSSR count). The largest absolute Gasteiger partial charge is 0.493 e. The zero-order valence-corrected chi connectivity index (χ0v) is 13.8. The third-order valence-electron chi connectivity index (χ3n) is 3.13. The highest BCUT2D eigenvalue weighted by Crippen LogP contribution is 2.40. The molecule has 0 spiro atoms. The average molecular weight is 361 g/mol. The Hall–Kier alpha value is -1.52. The molecule has 1 aliphatic rings. The molecule has 0 saturated carbocycles. The van der Waals surface area contributed by atoms with E-state index in [1.165, 1.54) is 11.8 Å². The van der Waals surface area contributed by atoms with Crippen LogP contribution in [0.4, 0.5) is 0 Å². The van der Waals surface area contributed by atoms with Gasteiger partial charge in [-0.25, -0.2) is 0 Å². The van der Waals surface area contributed by atoms with Gasteiger partial charge in [-0.1, -0.05) is 30.0 Å². The minimum absolute atomic E-state index is 0.0978. The quantitative estimate of drug-likeness (QED) is 0.705. The summed E-state index contributed by atoms with van der Waals surface area (Å²) < 4.78 is 6.39. The summed E-state index contributed by atoms with van der Waals surface area (Å²) in [7, 11) is 0. The third kappa shape index (κ3) is 2.92. The molecule has 0 saturated heterocycles. The Bertz CT molecular complexity index is 737. The van der Waals surface area contributed by atoms with Gasteiger partial charge in [-0.05, 0) is 58.8 Å². The number of ketones is 1. The van der Waals surface area contributed by atoms with Crippen molar-refractivity contribution >= 4 is 39.6 Å². The first-order valence-corrected chi connectivity index (χ1v) is 8.25. The van der Waals surface area contributed by atoms with Gasteiger partial charge in [0, 0.05) is 10.5 Å². The summed E-state index contributed by atoms with van der Waals surface area (Å²) in [6, 6.07) is 13.5. The zero-order chi connectivity index (χ0) is 14.8. The van der Waals surface area contributed by atoms with Crippen LogP contribution in [0.25, 0.3) is 6.08 Å². The first-order chi connectivity index (χ1) is 10.2. The number of allylic oxidation sites excluding steroid dienone is 1. The molecule has 4 heteroatoms. The fraction of sp³-hybridized carbons (Fsp3) is 0.118. The summed E-state index contributed by atoms with van der Waals surface area (Å²) in [5.41, 5.74) is 1.77. The van der Waals surface area contributed by atoms with E-state index in [4.69, 9.17) is 4.74 Å². The summed E-state index contributed by atoms with van der Waals surface area (Å²) >= 11 is 5.02. The number of hydrogen-bond donors (Lipinski definition) is 0. The van der Waals surface area contributed by atoms with Crippen molar-refractivity contribution < 1.29 is 9.53 Å². The predicted octanol–water partition coefficient (Wildman–Crippen LogP) is 5.18. The minimum Gasteiger partial charge on any atom is -0.493 e. The van der Waals surface area contributed by atoms with Gasteiger partial charge >= 0.3 is 0 Å². The maximum atomic E-state index is 12.3. The SMILES string of the molecule is CCOc1ccc(/C=C2/Sc3ccccc3C2=O)cc1Br. The van der Waals surface area contributed by atoms with Gasteiger partial charge in [0.2, 0.25) is 5.78 Å². The fourth-order valence-corrected chi connectivity index (χ4v) is 3.73. The van der Waals surface area contributed by atoms with Crippen LogP contribution in [0, 0.1) is 0 Å². The van der Waals surface area contributed by atoms with E-state index in [0.29, 0.717) is 6.61 Å². The van der Waals surface area contributed by atoms with Crippen LogP contribution in [0.1, 0.15) is 22.8 Å². The number of ether oxygens (including phenoxy) is 1. The zero-order valence-electron chi connectivity index (χ0n) is 11.4. The van der Waals surface area contributed by atoms with Crippen molar-refractivity contribution in [1.82, 2.24) is 0 Å². The van der Waals surface area contributed by atoms with Gasteiger partial charge in [0.25, 0.3) is 0 Å². The normalized spacial score (nSPS) is 15.3. The molecule has 0 unspecified atom stereocenters. The van der Waals surface area contributed by atoms with Crippen molar-refractivity contribution in [2.24, 2.45) is 0 Å². The van der Waals surface area contributed by atoms with Crippen LogP contribution < -0.4 is 4.74 Å². The van der Waals surface area contributed by atoms with E-state index in [-0.39, 0.29) is 5.78 Å². The van der Waals surface area contributed by atoms with Gasteiger partial charge in [-0.3, -0.25) is 4.79 Å². The molecular formula is C17H13BrO2S. The molecule has 0 amide bonds. The number of fused-ring (bicyclic) bond motifs is 1. The molecule has 1 aliphatic heterocycles. The topological polar surface area (TPSA) is 26.3 Å². The van der Waals surface area contributed by atoms with Gasteiger partial charge in [-0.2, -0.15) is 0 Å². The lowest BCUT2D eigenvalue weighted by molar-refractivity contribution is 0.104. The molecule has 0 bridgehead atoms. The maximum Gasteiger partial charge on any atom is 0.200 e. The highest BCUT2D eigenvalue weighted by molar-refractivity contribution is 9.10. The summed E-state index contributed by atoms with van der Waals surface area (Å²) in [6.07, 6.45) is 1.92. The first kappa shape index (κ1) is 14.4. The Kier molecular flexibility index (Phi) is 4.17. The van der Waals surface area contributed by atoms with Crippen LogP contribution >= 0.6 is 27.7 Å². The van der Waals surface area contributed by atoms with Crippen molar-refractivity contribution in [2.45, 2.75) is 11.8 Å². The van der Waals surface area contributed by atoms with Crippen LogP contribution in [0.3, 0.4) is 0 Å². The minimum atomic E-state index is 0.0978. The lowest BCUT2D eigenvalue weighted by Gasteiger charge is -2.06. The van der Waals surface area contributed by atoms with Gasteiger partial charge < -0.3 is 4.74 Å². The average Bonchev–Trinajstić information content (AvgIpc) is 2.79. The van der Waals surface area contributed by atoms with E-state index >= 15 is 0 Å². The van der Waals surface area contributed by atoms with Crippen LogP contribution in [0.5, 0.6) is 5.75 Å². The monoisotopic (exact) mass is 360 g/mol. The third-order valence-corrected chi connectivity index (χ3v) is 4.85. The smallest absolute Gasteiger partial charge is 0.200 e. The molecule has 1 heterocycles. The van der Waals surface area contributed by atoms with E-state index in [1.807, 2.05) is 55.5 Å². The molecule has 106 valence electrons. The highest BCUT2D eigenvalue weighted by Gasteiger charge is 2.25. The number of carbonyl (C=O) groups is 1. The van der Waals surface area contributed by atoms with E-state index in [2.05, 4.69) is 15.9 Å². The van der Waals surface area contributed by atoms with Gasteiger partial charge in [-0.15, -0.1) is 0 Å². The van der Waals surface area contributed by atoms with Crippen molar-refractivity contribution in [3.8, 4) is 5.75 Å². The van der Waals surface area contributed by atoms with E-state index < -0.39 is 0 Å². The number of carbonyl (C=O) groups excluding carboxylic acids is 1. The Morgan fingerprint density at radius 1 is 1.24 bits per heavy atom. The Morgan fingerprint density at radius 3 is 2.76 bits per heavy atom. The number of benzene rings is 2. The summed E-state index contributed by atoms with van der Waals surface area (Å²) in [5.74, 6) is 0.911. The maximum absolute atomic E-state index is 12.3. The van der Waals surface area contributed by atoms with Crippen LogP contribution in [0.15, 0.2) is 56.7 Å². The molecule has 0 radical (unpaired) electrons. The van der Waals surface area contributed by atoms with Crippen molar-refractivity contribution in [1.29, 1.82) is 0 Å². The van der Waals surface area contributed by atoms with E-state index in [1.54, 1.807) is 0 Å². The Balaban J connectivity index is 1.90. The van der Waals surface area contributed by atoms with Crippen LogP contribution in [-0.4, -0.2) is 12.4 Å². The second-order valence-corrected chi connectivity index (χ2v) is 6.50. The van der Waals surface area contributed by atoms with Crippen molar-refractivity contribution in [3.05, 3.63) is 63.0 Å². The summed E-state index contributed by atoms with van der Waals surface area (Å²) in [4.78, 5) is 14.1. The summed E-state index contributed by atoms with van der Waals surface area (Å²) in [5, 5.41) is 0. The number of Topliss-reactive ketones (excluding diaryl/α,β-unsaturated/α-hetero) is 1. The molecule has 2 nitrogen and oxygen atoms in total. The van der Waals surface area contributed by atoms with Crippen molar-refractivity contribution in [3.63, 3.8) is 0 Å². The number of hydrogen-bond acceptors (Lipinski definition) is 3. The van der Waals surface area contributed by atoms with E-state index in [9.17, 15) is 4.79 Å². The molecular weight excluding hydrogens is 348 g/mol. The molecule has 2 aromatic rings. The molecule has 2 aromatic carbocycles. The molecule has 0 N–H and O–H groups in total. The molecule has 21 heavy (non-hydrogen) atoms. The lowest BCUT2D eigenvalue weighted by Crippen LogP contribution is -1.94. The number of thioether (sulfide) groups is 1. The summed E-state index contributed by atoms with van der Waals surface area (Å²) in [6.45, 7) is 2.58. The first-order valence-electron chi connectivity index (χ1n) is 6.64. The standard InChI is InChI=1S/C17H13BrO2S/c1-2-20-14-8-7-11(9-13(14)18)10-16-17(19)12-5-3-4-6-15(12)21-16/h3-10H,2H2,1H3/b16-10+. The predicted molar refractivity (Wildman–Crippen MR) is 89.9 cm³/mol. The van der Waals surface area contributed by atoms with Gasteiger partial charge in [0.05, 0.1) is 16.0 Å². The second kappa shape index (κ2) is 6.08. The van der Waals surface area contributed by atoms with Gasteiger partial charge in [0.15, 0.2) is 0 Å². The molecule has 0 aromatic heterocycles. The number of rotatable bonds is 3. The van der Waals surface area contributed by atoms with Crippen molar-refractivity contribution in [2.75, 3.05) is 6.61 Å². The van der Waals surface area contributed by atoms with Crippen LogP contribution in [0.2, 0.25) is 0 Å². The second-order valence-electron chi connectivity index (χ2n) is 4.56. The van der Waals surface area contributed by atoms with Gasteiger partial charge in [0.1, 0.15) is 5.75 Å². The van der Waals surface area contributed by atoms with E-state index in [0.717, 1.165) is 31.1 Å². The fourth-order valence-electron chi connectivity index (χ4n) is 2.17. The molecule has 0 fully saturated rings. The molecule has 0 aliphatic carbocycles. The Morgan fingerprint density at radius 2 is 2.05 bits per heavy atom. The Labute approximate surface area is 136 Å². The lowest BCUT2D eigenvalue weighted by atomic mass is 10.1. The highest BCUT2D eigenvalue weighted by atomic mass is 79.9.